The first kappa shape index (κ1) is 16.5. The fourth-order valence-corrected chi connectivity index (χ4v) is 4.23. The van der Waals surface area contributed by atoms with Gasteiger partial charge in [0.05, 0.1) is 20.3 Å². The maximum Gasteiger partial charge on any atom is 0.241 e. The van der Waals surface area contributed by atoms with Crippen LogP contribution in [0.5, 0.6) is 11.5 Å². The normalized spacial score (nSPS) is 18.7. The zero-order chi connectivity index (χ0) is 15.5. The van der Waals surface area contributed by atoms with Crippen LogP contribution in [0.25, 0.3) is 0 Å². The summed E-state index contributed by atoms with van der Waals surface area (Å²) in [7, 11) is -0.694. The van der Waals surface area contributed by atoms with Crippen molar-refractivity contribution in [2.75, 3.05) is 27.4 Å². The Labute approximate surface area is 132 Å². The van der Waals surface area contributed by atoms with E-state index in [0.717, 1.165) is 12.8 Å². The molecule has 1 N–H and O–H groups in total. The van der Waals surface area contributed by atoms with Gasteiger partial charge < -0.3 is 14.2 Å². The van der Waals surface area contributed by atoms with Crippen LogP contribution >= 0.6 is 15.9 Å². The zero-order valence-corrected chi connectivity index (χ0v) is 14.3. The molecule has 118 valence electrons. The van der Waals surface area contributed by atoms with Gasteiger partial charge in [0.25, 0.3) is 0 Å². The van der Waals surface area contributed by atoms with E-state index in [-0.39, 0.29) is 17.5 Å². The van der Waals surface area contributed by atoms with E-state index in [1.54, 1.807) is 6.07 Å². The molecule has 6 nitrogen and oxygen atoms in total. The lowest BCUT2D eigenvalue weighted by atomic mass is 10.2. The van der Waals surface area contributed by atoms with E-state index in [1.165, 1.54) is 20.3 Å². The molecule has 1 aromatic rings. The monoisotopic (exact) mass is 379 g/mol. The molecule has 1 fully saturated rings. The number of rotatable bonds is 6. The van der Waals surface area contributed by atoms with Crippen molar-refractivity contribution in [2.24, 2.45) is 0 Å². The Kier molecular flexibility index (Phi) is 5.48. The van der Waals surface area contributed by atoms with Gasteiger partial charge in [-0.1, -0.05) is 0 Å². The third-order valence-corrected chi connectivity index (χ3v) is 5.63. The summed E-state index contributed by atoms with van der Waals surface area (Å²) >= 11 is 3.25. The van der Waals surface area contributed by atoms with Crippen LogP contribution in [0.4, 0.5) is 0 Å². The molecule has 1 aromatic carbocycles. The maximum atomic E-state index is 12.4. The van der Waals surface area contributed by atoms with Crippen LogP contribution in [0, 0.1) is 0 Å². The van der Waals surface area contributed by atoms with Crippen LogP contribution in [0.3, 0.4) is 0 Å². The highest BCUT2D eigenvalue weighted by atomic mass is 79.9. The Morgan fingerprint density at radius 2 is 2.00 bits per heavy atom. The molecule has 0 bridgehead atoms. The minimum Gasteiger partial charge on any atom is -0.493 e. The summed E-state index contributed by atoms with van der Waals surface area (Å²) in [5, 5.41) is 0. The fourth-order valence-electron chi connectivity index (χ4n) is 2.13. The number of methoxy groups -OCH3 is 2. The first-order valence-electron chi connectivity index (χ1n) is 6.50. The molecule has 21 heavy (non-hydrogen) atoms. The van der Waals surface area contributed by atoms with E-state index in [0.29, 0.717) is 22.6 Å². The number of ether oxygens (including phenoxy) is 3. The first-order valence-corrected chi connectivity index (χ1v) is 8.78. The Morgan fingerprint density at radius 1 is 1.33 bits per heavy atom. The quantitative estimate of drug-likeness (QED) is 0.817. The molecule has 2 rings (SSSR count). The molecule has 0 spiro atoms. The second kappa shape index (κ2) is 6.95. The van der Waals surface area contributed by atoms with Crippen molar-refractivity contribution in [3.63, 3.8) is 0 Å². The molecular formula is C13H18BrNO5S. The Hall–Kier alpha value is -0.830. The number of sulfonamides is 1. The smallest absolute Gasteiger partial charge is 0.241 e. The molecule has 0 radical (unpaired) electrons. The van der Waals surface area contributed by atoms with Crippen LogP contribution in [0.1, 0.15) is 12.8 Å². The summed E-state index contributed by atoms with van der Waals surface area (Å²) in [6.07, 6.45) is 1.78. The number of nitrogens with one attached hydrogen (secondary N) is 1. The number of hydrogen-bond donors (Lipinski definition) is 1. The summed E-state index contributed by atoms with van der Waals surface area (Å²) < 4.78 is 43.4. The van der Waals surface area contributed by atoms with Crippen LogP contribution in [0.15, 0.2) is 21.5 Å². The van der Waals surface area contributed by atoms with Crippen LogP contribution in [0.2, 0.25) is 0 Å². The minimum atomic E-state index is -3.65. The molecule has 8 heteroatoms. The molecule has 0 saturated carbocycles. The topological polar surface area (TPSA) is 73.9 Å². The average molecular weight is 380 g/mol. The molecule has 0 unspecified atom stereocenters. The third kappa shape index (κ3) is 3.88. The lowest BCUT2D eigenvalue weighted by molar-refractivity contribution is 0.114. The molecule has 0 amide bonds. The van der Waals surface area contributed by atoms with Gasteiger partial charge in [-0.2, -0.15) is 0 Å². The highest BCUT2D eigenvalue weighted by Gasteiger charge is 2.23. The van der Waals surface area contributed by atoms with Gasteiger partial charge >= 0.3 is 0 Å². The van der Waals surface area contributed by atoms with Gasteiger partial charge in [-0.05, 0) is 34.8 Å². The summed E-state index contributed by atoms with van der Waals surface area (Å²) in [6, 6.07) is 3.00. The van der Waals surface area contributed by atoms with Gasteiger partial charge in [-0.25, -0.2) is 13.1 Å². The Bertz CT molecular complexity index is 599. The van der Waals surface area contributed by atoms with Crippen molar-refractivity contribution in [1.82, 2.24) is 4.72 Å². The maximum absolute atomic E-state index is 12.4. The van der Waals surface area contributed by atoms with Gasteiger partial charge in [0.2, 0.25) is 10.0 Å². The van der Waals surface area contributed by atoms with Crippen molar-refractivity contribution < 1.29 is 22.6 Å². The summed E-state index contributed by atoms with van der Waals surface area (Å²) in [4.78, 5) is 0.109. The van der Waals surface area contributed by atoms with Crippen LogP contribution in [-0.4, -0.2) is 41.9 Å². The molecular weight excluding hydrogens is 362 g/mol. The highest BCUT2D eigenvalue weighted by Crippen LogP contribution is 2.35. The largest absolute Gasteiger partial charge is 0.493 e. The van der Waals surface area contributed by atoms with E-state index in [1.807, 2.05) is 0 Å². The Balaban J connectivity index is 2.22. The molecule has 1 aliphatic heterocycles. The Morgan fingerprint density at radius 3 is 2.57 bits per heavy atom. The summed E-state index contributed by atoms with van der Waals surface area (Å²) in [6.45, 7) is 0.954. The van der Waals surface area contributed by atoms with Crippen LogP contribution in [-0.2, 0) is 14.8 Å². The SMILES string of the molecule is COc1cc(Br)c(S(=O)(=O)NC[C@@H]2CCCO2)cc1OC. The van der Waals surface area contributed by atoms with Gasteiger partial charge in [0, 0.05) is 23.7 Å². The first-order chi connectivity index (χ1) is 9.97. The van der Waals surface area contributed by atoms with E-state index in [4.69, 9.17) is 14.2 Å². The summed E-state index contributed by atoms with van der Waals surface area (Å²) in [5.74, 6) is 0.820. The minimum absolute atomic E-state index is 0.0568. The van der Waals surface area contributed by atoms with Gasteiger partial charge in [-0.15, -0.1) is 0 Å². The molecule has 0 aromatic heterocycles. The van der Waals surface area contributed by atoms with Crippen molar-refractivity contribution in [3.8, 4) is 11.5 Å². The molecule has 1 atom stereocenters. The standard InChI is InChI=1S/C13H18BrNO5S/c1-18-11-6-10(14)13(7-12(11)19-2)21(16,17)15-8-9-4-3-5-20-9/h6-7,9,15H,3-5,8H2,1-2H3/t9-/m0/s1. The lowest BCUT2D eigenvalue weighted by Crippen LogP contribution is -2.32. The molecule has 0 aliphatic carbocycles. The van der Waals surface area contributed by atoms with E-state index in [9.17, 15) is 8.42 Å². The second-order valence-electron chi connectivity index (χ2n) is 4.62. The van der Waals surface area contributed by atoms with Crippen molar-refractivity contribution in [1.29, 1.82) is 0 Å². The van der Waals surface area contributed by atoms with E-state index in [2.05, 4.69) is 20.7 Å². The predicted molar refractivity (Wildman–Crippen MR) is 81.4 cm³/mol. The van der Waals surface area contributed by atoms with Crippen LogP contribution < -0.4 is 14.2 Å². The number of benzene rings is 1. The molecule has 1 aliphatic rings. The van der Waals surface area contributed by atoms with Gasteiger partial charge in [0.15, 0.2) is 11.5 Å². The number of halogens is 1. The third-order valence-electron chi connectivity index (χ3n) is 3.25. The second-order valence-corrected chi connectivity index (χ2v) is 7.21. The fraction of sp³-hybridized carbons (Fsp3) is 0.538. The zero-order valence-electron chi connectivity index (χ0n) is 11.9. The number of hydrogen-bond acceptors (Lipinski definition) is 5. The average Bonchev–Trinajstić information content (AvgIpc) is 2.98. The molecule has 1 heterocycles. The molecule has 1 saturated heterocycles. The summed E-state index contributed by atoms with van der Waals surface area (Å²) in [5.41, 5.74) is 0. The van der Waals surface area contributed by atoms with Crippen molar-refractivity contribution >= 4 is 26.0 Å². The predicted octanol–water partition coefficient (Wildman–Crippen LogP) is 1.92. The van der Waals surface area contributed by atoms with Crippen molar-refractivity contribution in [3.05, 3.63) is 16.6 Å². The lowest BCUT2D eigenvalue weighted by Gasteiger charge is -2.14. The van der Waals surface area contributed by atoms with Crippen molar-refractivity contribution in [2.45, 2.75) is 23.8 Å². The van der Waals surface area contributed by atoms with E-state index < -0.39 is 10.0 Å². The van der Waals surface area contributed by atoms with Gasteiger partial charge in [0.1, 0.15) is 4.90 Å². The van der Waals surface area contributed by atoms with Gasteiger partial charge in [-0.3, -0.25) is 0 Å². The van der Waals surface area contributed by atoms with E-state index >= 15 is 0 Å². The highest BCUT2D eigenvalue weighted by molar-refractivity contribution is 9.10.